The molecule has 0 saturated carbocycles. The Kier molecular flexibility index (Phi) is 6.78. The number of rotatable bonds is 3. The van der Waals surface area contributed by atoms with E-state index < -0.39 is 17.6 Å². The van der Waals surface area contributed by atoms with E-state index in [1.165, 1.54) is 0 Å². The minimum absolute atomic E-state index is 0.161. The Bertz CT molecular complexity index is 956. The lowest BCUT2D eigenvalue weighted by molar-refractivity contribution is -0.137. The number of hydrogen-bond acceptors (Lipinski definition) is 4. The van der Waals surface area contributed by atoms with Crippen molar-refractivity contribution in [3.05, 3.63) is 70.5 Å². The Morgan fingerprint density at radius 2 is 1.72 bits per heavy atom. The van der Waals surface area contributed by atoms with E-state index in [2.05, 4.69) is 0 Å². The second kappa shape index (κ2) is 9.56. The summed E-state index contributed by atoms with van der Waals surface area (Å²) in [5.41, 5.74) is 1.40. The molecule has 2 aromatic rings. The number of benzene rings is 2. The summed E-state index contributed by atoms with van der Waals surface area (Å²) in [7, 11) is 0. The maximum atomic E-state index is 13.2. The molecule has 0 aromatic heterocycles. The molecule has 0 atom stereocenters. The molecule has 0 spiro atoms. The lowest BCUT2D eigenvalue weighted by Crippen LogP contribution is -2.48. The highest BCUT2D eigenvalue weighted by Gasteiger charge is 2.35. The molecule has 32 heavy (non-hydrogen) atoms. The van der Waals surface area contributed by atoms with Gasteiger partial charge in [0.05, 0.1) is 38.0 Å². The first-order chi connectivity index (χ1) is 15.3. The van der Waals surface area contributed by atoms with Crippen molar-refractivity contribution in [1.29, 1.82) is 0 Å². The maximum absolute atomic E-state index is 13.2. The number of halogens is 4. The van der Waals surface area contributed by atoms with Crippen molar-refractivity contribution in [3.63, 3.8) is 0 Å². The van der Waals surface area contributed by atoms with E-state index in [0.717, 1.165) is 29.8 Å². The summed E-state index contributed by atoms with van der Waals surface area (Å²) in [5.74, 6) is -0.693. The number of carbonyl (C=O) groups is 1. The number of amides is 1. The fourth-order valence-corrected chi connectivity index (χ4v) is 3.90. The fraction of sp³-hybridized carbons (Fsp3) is 0.435. The van der Waals surface area contributed by atoms with Gasteiger partial charge in [-0.25, -0.2) is 4.39 Å². The summed E-state index contributed by atoms with van der Waals surface area (Å²) in [6.45, 7) is 4.87. The summed E-state index contributed by atoms with van der Waals surface area (Å²) in [4.78, 5) is 15.8. The second-order valence-electron chi connectivity index (χ2n) is 8.02. The number of alkyl halides is 3. The van der Waals surface area contributed by atoms with Gasteiger partial charge in [0, 0.05) is 31.7 Å². The van der Waals surface area contributed by atoms with E-state index in [4.69, 9.17) is 9.47 Å². The van der Waals surface area contributed by atoms with E-state index in [-0.39, 0.29) is 5.91 Å². The monoisotopic (exact) mass is 452 g/mol. The Morgan fingerprint density at radius 1 is 1.00 bits per heavy atom. The zero-order valence-electron chi connectivity index (χ0n) is 17.4. The molecule has 2 aromatic carbocycles. The average molecular weight is 452 g/mol. The highest BCUT2D eigenvalue weighted by molar-refractivity contribution is 5.98. The summed E-state index contributed by atoms with van der Waals surface area (Å²) >= 11 is 0. The average Bonchev–Trinajstić information content (AvgIpc) is 3.03. The van der Waals surface area contributed by atoms with Gasteiger partial charge in [-0.15, -0.1) is 0 Å². The number of nitrogens with zero attached hydrogens (tertiary/aromatic N) is 2. The molecule has 0 aliphatic carbocycles. The lowest BCUT2D eigenvalue weighted by Gasteiger charge is -2.34. The molecular formula is C23H24F4N2O3. The van der Waals surface area contributed by atoms with Gasteiger partial charge in [0.25, 0.3) is 5.91 Å². The van der Waals surface area contributed by atoms with Crippen molar-refractivity contribution in [1.82, 2.24) is 9.80 Å². The normalized spacial score (nSPS) is 19.2. The van der Waals surface area contributed by atoms with Crippen LogP contribution >= 0.6 is 0 Å². The van der Waals surface area contributed by atoms with Crippen LogP contribution in [0.4, 0.5) is 17.6 Å². The molecule has 3 aliphatic heterocycles. The van der Waals surface area contributed by atoms with Gasteiger partial charge in [0.2, 0.25) is 0 Å². The van der Waals surface area contributed by atoms with Crippen LogP contribution in [0.3, 0.4) is 0 Å². The molecule has 3 aliphatic rings. The van der Waals surface area contributed by atoms with Crippen LogP contribution in [0.1, 0.15) is 27.0 Å². The molecular weight excluding hydrogens is 428 g/mol. The summed E-state index contributed by atoms with van der Waals surface area (Å²) < 4.78 is 61.0. The first-order valence-electron chi connectivity index (χ1n) is 10.4. The van der Waals surface area contributed by atoms with Gasteiger partial charge < -0.3 is 14.4 Å². The van der Waals surface area contributed by atoms with E-state index in [1.807, 2.05) is 34.1 Å². The Hall–Kier alpha value is -2.49. The maximum Gasteiger partial charge on any atom is 0.416 e. The predicted octanol–water partition coefficient (Wildman–Crippen LogP) is 3.72. The third-order valence-electron chi connectivity index (χ3n) is 5.71. The molecule has 5 nitrogen and oxygen atoms in total. The fourth-order valence-electron chi connectivity index (χ4n) is 3.90. The van der Waals surface area contributed by atoms with Crippen molar-refractivity contribution in [3.8, 4) is 0 Å². The molecule has 0 bridgehead atoms. The van der Waals surface area contributed by atoms with Crippen molar-refractivity contribution >= 4 is 5.91 Å². The van der Waals surface area contributed by atoms with Crippen LogP contribution in [0.25, 0.3) is 0 Å². The predicted molar refractivity (Wildman–Crippen MR) is 108 cm³/mol. The van der Waals surface area contributed by atoms with E-state index in [1.54, 1.807) is 0 Å². The van der Waals surface area contributed by atoms with Crippen LogP contribution in [0, 0.1) is 5.82 Å². The molecule has 2 saturated heterocycles. The van der Waals surface area contributed by atoms with E-state index >= 15 is 0 Å². The van der Waals surface area contributed by atoms with Gasteiger partial charge in [-0.1, -0.05) is 18.2 Å². The molecule has 9 heteroatoms. The van der Waals surface area contributed by atoms with Gasteiger partial charge in [0.1, 0.15) is 5.82 Å². The van der Waals surface area contributed by atoms with Gasteiger partial charge in [-0.05, 0) is 35.4 Å². The zero-order chi connectivity index (χ0) is 22.7. The van der Waals surface area contributed by atoms with Crippen LogP contribution in [0.5, 0.6) is 0 Å². The molecule has 1 amide bonds. The molecule has 0 radical (unpaired) electrons. The molecule has 0 unspecified atom stereocenters. The quantitative estimate of drug-likeness (QED) is 0.666. The van der Waals surface area contributed by atoms with Gasteiger partial charge in [-0.3, -0.25) is 9.69 Å². The van der Waals surface area contributed by atoms with Gasteiger partial charge >= 0.3 is 6.18 Å². The Balaban J connectivity index is 0.000000157. The molecule has 3 heterocycles. The highest BCUT2D eigenvalue weighted by atomic mass is 19.4. The number of morpholine rings is 1. The topological polar surface area (TPSA) is 42.0 Å². The van der Waals surface area contributed by atoms with Crippen molar-refractivity contribution in [2.75, 3.05) is 39.5 Å². The standard InChI is InChI=1S/C12H13F4NO.C11H11NO2/c13-11-6-9(5-10(7-11)12(14,15)16)8-17-1-3-18-4-2-17;13-11-10-4-2-1-3-8(10)5-12(11)9-6-14-7-9/h5-7H,1-4,8H2;1-4,9H,5-7H2. The molecule has 172 valence electrons. The van der Waals surface area contributed by atoms with Crippen molar-refractivity contribution in [2.24, 2.45) is 0 Å². The molecule has 5 rings (SSSR count). The third-order valence-corrected chi connectivity index (χ3v) is 5.71. The SMILES string of the molecule is Fc1cc(CN2CCOCC2)cc(C(F)(F)F)c1.O=C1c2ccccc2CN1C1COC1. The van der Waals surface area contributed by atoms with E-state index in [9.17, 15) is 22.4 Å². The van der Waals surface area contributed by atoms with Crippen LogP contribution in [-0.4, -0.2) is 61.3 Å². The number of fused-ring (bicyclic) bond motifs is 1. The first kappa shape index (κ1) is 22.7. The van der Waals surface area contributed by atoms with Crippen LogP contribution in [-0.2, 0) is 28.7 Å². The molecule has 2 fully saturated rings. The zero-order valence-corrected chi connectivity index (χ0v) is 17.4. The van der Waals surface area contributed by atoms with Crippen LogP contribution in [0.2, 0.25) is 0 Å². The van der Waals surface area contributed by atoms with Gasteiger partial charge in [0.15, 0.2) is 0 Å². The minimum Gasteiger partial charge on any atom is -0.379 e. The smallest absolute Gasteiger partial charge is 0.379 e. The minimum atomic E-state index is -4.51. The van der Waals surface area contributed by atoms with E-state index in [0.29, 0.717) is 63.7 Å². The summed E-state index contributed by atoms with van der Waals surface area (Å²) in [6, 6.07) is 10.8. The van der Waals surface area contributed by atoms with Crippen LogP contribution < -0.4 is 0 Å². The number of ether oxygens (including phenoxy) is 2. The van der Waals surface area contributed by atoms with Crippen molar-refractivity contribution in [2.45, 2.75) is 25.3 Å². The molecule has 0 N–H and O–H groups in total. The Labute approximate surface area is 183 Å². The number of hydrogen-bond donors (Lipinski definition) is 0. The third kappa shape index (κ3) is 5.28. The van der Waals surface area contributed by atoms with Crippen LogP contribution in [0.15, 0.2) is 42.5 Å². The highest BCUT2D eigenvalue weighted by Crippen LogP contribution is 2.31. The second-order valence-corrected chi connectivity index (χ2v) is 8.02. The first-order valence-corrected chi connectivity index (χ1v) is 10.4. The Morgan fingerprint density at radius 3 is 2.34 bits per heavy atom. The van der Waals surface area contributed by atoms with Gasteiger partial charge in [-0.2, -0.15) is 13.2 Å². The number of carbonyl (C=O) groups excluding carboxylic acids is 1. The largest absolute Gasteiger partial charge is 0.416 e. The summed E-state index contributed by atoms with van der Waals surface area (Å²) in [5, 5.41) is 0. The van der Waals surface area contributed by atoms with Crippen molar-refractivity contribution < 1.29 is 31.8 Å². The summed E-state index contributed by atoms with van der Waals surface area (Å²) in [6.07, 6.45) is -4.51. The lowest BCUT2D eigenvalue weighted by atomic mass is 10.1.